The van der Waals surface area contributed by atoms with E-state index in [2.05, 4.69) is 20.9 Å². The van der Waals surface area contributed by atoms with Crippen molar-refractivity contribution in [1.82, 2.24) is 9.80 Å². The SMILES string of the molecule is C[C@H]1CN([C@@H](C)CO)C(=O)c2cc(NC(=O)Nc3ccc(C(F)(F)F)cc3)ccc2O[C@H]1CN(C)Cc1ccc(C(=O)Nc2ccccc2N)cc1. The summed E-state index contributed by atoms with van der Waals surface area (Å²) in [5.74, 6) is -0.505. The van der Waals surface area contributed by atoms with Crippen LogP contribution in [0.1, 0.15) is 45.7 Å². The van der Waals surface area contributed by atoms with E-state index in [0.717, 1.165) is 29.8 Å². The Hall–Kier alpha value is -5.60. The van der Waals surface area contributed by atoms with Gasteiger partial charge in [0, 0.05) is 42.5 Å². The van der Waals surface area contributed by atoms with Crippen LogP contribution in [-0.4, -0.2) is 71.6 Å². The summed E-state index contributed by atoms with van der Waals surface area (Å²) in [4.78, 5) is 43.0. The van der Waals surface area contributed by atoms with Gasteiger partial charge >= 0.3 is 12.2 Å². The van der Waals surface area contributed by atoms with Crippen molar-refractivity contribution < 1.29 is 37.4 Å². The summed E-state index contributed by atoms with van der Waals surface area (Å²) in [6, 6.07) is 21.7. The summed E-state index contributed by atoms with van der Waals surface area (Å²) in [5.41, 5.74) is 8.15. The molecule has 14 heteroatoms. The molecule has 0 aliphatic carbocycles. The number of benzene rings is 4. The lowest BCUT2D eigenvalue weighted by molar-refractivity contribution is -0.137. The van der Waals surface area contributed by atoms with Crippen LogP contribution >= 0.6 is 0 Å². The Morgan fingerprint density at radius 2 is 1.63 bits per heavy atom. The number of hydrogen-bond acceptors (Lipinski definition) is 7. The highest BCUT2D eigenvalue weighted by Crippen LogP contribution is 2.32. The number of likely N-dealkylation sites (N-methyl/N-ethyl adjacent to an activating group) is 1. The number of hydrogen-bond donors (Lipinski definition) is 5. The van der Waals surface area contributed by atoms with E-state index in [9.17, 15) is 32.7 Å². The van der Waals surface area contributed by atoms with Gasteiger partial charge in [0.15, 0.2) is 0 Å². The smallest absolute Gasteiger partial charge is 0.416 e. The Bertz CT molecular complexity index is 1890. The summed E-state index contributed by atoms with van der Waals surface area (Å²) in [6.07, 6.45) is -4.88. The Kier molecular flexibility index (Phi) is 11.7. The van der Waals surface area contributed by atoms with Gasteiger partial charge in [0.25, 0.3) is 11.8 Å². The first-order valence-corrected chi connectivity index (χ1v) is 16.6. The minimum Gasteiger partial charge on any atom is -0.488 e. The molecule has 6 N–H and O–H groups in total. The fraction of sp³-hybridized carbons (Fsp3) is 0.289. The van der Waals surface area contributed by atoms with Crippen LogP contribution in [0.15, 0.2) is 91.0 Å². The molecule has 1 heterocycles. The number of fused-ring (bicyclic) bond motifs is 1. The molecule has 3 atom stereocenters. The van der Waals surface area contributed by atoms with Gasteiger partial charge in [-0.3, -0.25) is 14.5 Å². The summed E-state index contributed by atoms with van der Waals surface area (Å²) in [5, 5.41) is 17.9. The van der Waals surface area contributed by atoms with Gasteiger partial charge in [-0.2, -0.15) is 13.2 Å². The molecule has 1 aliphatic heterocycles. The number of alkyl halides is 3. The number of nitrogens with zero attached hydrogens (tertiary/aromatic N) is 2. The molecule has 0 bridgehead atoms. The zero-order valence-electron chi connectivity index (χ0n) is 28.9. The van der Waals surface area contributed by atoms with Crippen LogP contribution in [0.25, 0.3) is 0 Å². The van der Waals surface area contributed by atoms with Gasteiger partial charge in [-0.25, -0.2) is 4.79 Å². The molecule has 4 aromatic rings. The number of carbonyl (C=O) groups is 3. The number of carbonyl (C=O) groups excluding carboxylic acids is 3. The van der Waals surface area contributed by atoms with Crippen molar-refractivity contribution in [3.05, 3.63) is 113 Å². The zero-order valence-corrected chi connectivity index (χ0v) is 28.9. The maximum absolute atomic E-state index is 13.8. The van der Waals surface area contributed by atoms with Crippen molar-refractivity contribution in [1.29, 1.82) is 0 Å². The van der Waals surface area contributed by atoms with Crippen LogP contribution in [0.4, 0.5) is 40.7 Å². The van der Waals surface area contributed by atoms with Crippen LogP contribution in [0.5, 0.6) is 5.75 Å². The second kappa shape index (κ2) is 16.2. The molecule has 4 aromatic carbocycles. The number of aliphatic hydroxyl groups excluding tert-OH is 1. The molecule has 1 aliphatic rings. The average Bonchev–Trinajstić information content (AvgIpc) is 3.10. The second-order valence-electron chi connectivity index (χ2n) is 12.9. The van der Waals surface area contributed by atoms with E-state index in [-0.39, 0.29) is 47.4 Å². The molecule has 0 aromatic heterocycles. The lowest BCUT2D eigenvalue weighted by Gasteiger charge is -2.38. The largest absolute Gasteiger partial charge is 0.488 e. The number of urea groups is 1. The maximum atomic E-state index is 13.8. The highest BCUT2D eigenvalue weighted by Gasteiger charge is 2.34. The number of rotatable bonds is 10. The molecule has 0 fully saturated rings. The highest BCUT2D eigenvalue weighted by atomic mass is 19.4. The molecule has 0 spiro atoms. The van der Waals surface area contributed by atoms with Gasteiger partial charge < -0.3 is 36.4 Å². The highest BCUT2D eigenvalue weighted by molar-refractivity contribution is 6.06. The average molecular weight is 719 g/mol. The third kappa shape index (κ3) is 9.38. The monoisotopic (exact) mass is 718 g/mol. The number of para-hydroxylation sites is 2. The van der Waals surface area contributed by atoms with E-state index in [1.165, 1.54) is 6.07 Å². The van der Waals surface area contributed by atoms with Crippen LogP contribution in [0, 0.1) is 5.92 Å². The first-order chi connectivity index (χ1) is 24.7. The van der Waals surface area contributed by atoms with Crippen molar-refractivity contribution in [2.45, 2.75) is 38.7 Å². The topological polar surface area (TPSA) is 149 Å². The Balaban J connectivity index is 1.27. The number of anilines is 4. The number of halogens is 3. The summed E-state index contributed by atoms with van der Waals surface area (Å²) in [7, 11) is 1.94. The van der Waals surface area contributed by atoms with Crippen LogP contribution < -0.4 is 26.4 Å². The number of nitrogens with two attached hydrogens (primary N) is 1. The zero-order chi connectivity index (χ0) is 37.6. The number of nitrogen functional groups attached to an aromatic ring is 1. The molecule has 0 radical (unpaired) electrons. The Labute approximate surface area is 299 Å². The van der Waals surface area contributed by atoms with Gasteiger partial charge in [-0.05, 0) is 86.3 Å². The van der Waals surface area contributed by atoms with E-state index in [0.29, 0.717) is 42.3 Å². The van der Waals surface area contributed by atoms with Gasteiger partial charge in [0.1, 0.15) is 11.9 Å². The van der Waals surface area contributed by atoms with E-state index in [4.69, 9.17) is 10.5 Å². The minimum atomic E-state index is -4.50. The molecule has 0 unspecified atom stereocenters. The van der Waals surface area contributed by atoms with Gasteiger partial charge in [0.05, 0.1) is 35.2 Å². The fourth-order valence-corrected chi connectivity index (χ4v) is 5.80. The summed E-state index contributed by atoms with van der Waals surface area (Å²) < 4.78 is 45.2. The van der Waals surface area contributed by atoms with E-state index in [1.54, 1.807) is 60.4 Å². The summed E-state index contributed by atoms with van der Waals surface area (Å²) >= 11 is 0. The summed E-state index contributed by atoms with van der Waals surface area (Å²) in [6.45, 7) is 4.76. The third-order valence-corrected chi connectivity index (χ3v) is 8.76. The number of nitrogens with one attached hydrogen (secondary N) is 3. The maximum Gasteiger partial charge on any atom is 0.416 e. The number of amides is 4. The normalized spacial score (nSPS) is 16.6. The van der Waals surface area contributed by atoms with Crippen LogP contribution in [0.2, 0.25) is 0 Å². The van der Waals surface area contributed by atoms with E-state index < -0.39 is 23.8 Å². The standard InChI is InChI=1S/C38H41F3N6O5/c1-23-19-47(24(2)22-48)36(50)30-18-29(44-37(51)43-28-14-12-27(13-15-28)38(39,40)41)16-17-33(30)52-34(23)21-46(3)20-25-8-10-26(11-9-25)35(49)45-32-7-5-4-6-31(32)42/h4-18,23-24,34,48H,19-22,42H2,1-3H3,(H,45,49)(H2,43,44,51)/t23-,24-,34-/m0/s1. The number of ether oxygens (including phenoxy) is 1. The van der Waals surface area contributed by atoms with Crippen molar-refractivity contribution in [2.24, 2.45) is 5.92 Å². The quantitative estimate of drug-likeness (QED) is 0.117. The number of aliphatic hydroxyl groups is 1. The second-order valence-corrected chi connectivity index (χ2v) is 12.9. The molecule has 11 nitrogen and oxygen atoms in total. The molecular weight excluding hydrogens is 677 g/mol. The van der Waals surface area contributed by atoms with E-state index in [1.807, 2.05) is 26.1 Å². The van der Waals surface area contributed by atoms with Crippen LogP contribution in [0.3, 0.4) is 0 Å². The molecule has 0 saturated heterocycles. The molecule has 274 valence electrons. The van der Waals surface area contributed by atoms with E-state index >= 15 is 0 Å². The third-order valence-electron chi connectivity index (χ3n) is 8.76. The van der Waals surface area contributed by atoms with Crippen molar-refractivity contribution in [3.63, 3.8) is 0 Å². The predicted octanol–water partition coefficient (Wildman–Crippen LogP) is 6.54. The van der Waals surface area contributed by atoms with Crippen LogP contribution in [-0.2, 0) is 12.7 Å². The van der Waals surface area contributed by atoms with Crippen molar-refractivity contribution in [2.75, 3.05) is 48.4 Å². The lowest BCUT2D eigenvalue weighted by atomic mass is 9.99. The first-order valence-electron chi connectivity index (χ1n) is 16.6. The molecule has 52 heavy (non-hydrogen) atoms. The fourth-order valence-electron chi connectivity index (χ4n) is 5.80. The molecule has 5 rings (SSSR count). The molecule has 4 amide bonds. The lowest BCUT2D eigenvalue weighted by Crippen LogP contribution is -2.49. The van der Waals surface area contributed by atoms with Gasteiger partial charge in [-0.1, -0.05) is 31.2 Å². The first kappa shape index (κ1) is 37.7. The van der Waals surface area contributed by atoms with Gasteiger partial charge in [-0.15, -0.1) is 0 Å². The Morgan fingerprint density at radius 1 is 0.981 bits per heavy atom. The van der Waals surface area contributed by atoms with Crippen molar-refractivity contribution >= 4 is 40.6 Å². The van der Waals surface area contributed by atoms with Crippen molar-refractivity contribution in [3.8, 4) is 5.75 Å². The minimum absolute atomic E-state index is 0.141. The predicted molar refractivity (Wildman–Crippen MR) is 193 cm³/mol. The molecular formula is C38H41F3N6O5. The Morgan fingerprint density at radius 3 is 2.29 bits per heavy atom. The molecule has 0 saturated carbocycles. The van der Waals surface area contributed by atoms with Gasteiger partial charge in [0.2, 0.25) is 0 Å².